The van der Waals surface area contributed by atoms with Gasteiger partial charge in [0.1, 0.15) is 5.75 Å². The number of hydrogen-bond acceptors (Lipinski definition) is 5. The highest BCUT2D eigenvalue weighted by Crippen LogP contribution is 2.31. The van der Waals surface area contributed by atoms with Crippen LogP contribution in [0.3, 0.4) is 0 Å². The number of carbonyl (C=O) groups is 1. The van der Waals surface area contributed by atoms with Gasteiger partial charge in [-0.25, -0.2) is 9.78 Å². The molecule has 5 nitrogen and oxygen atoms in total. The first-order chi connectivity index (χ1) is 10.8. The highest BCUT2D eigenvalue weighted by Gasteiger charge is 2.43. The molecule has 9 heteroatoms. The van der Waals surface area contributed by atoms with Crippen molar-refractivity contribution in [3.63, 3.8) is 0 Å². The second-order valence-electron chi connectivity index (χ2n) is 4.58. The fourth-order valence-corrected chi connectivity index (χ4v) is 2.66. The van der Waals surface area contributed by atoms with Crippen LogP contribution in [0, 0.1) is 0 Å². The standard InChI is InChI=1S/C14H12F3NO4S/c1-21-13(12(19)20,11-7-23-8-18-11)6-9-2-4-10(5-3-9)22-14(15,16)17/h2-5,7-8H,6H2,1H3,(H,19,20). The van der Waals surface area contributed by atoms with E-state index in [0.29, 0.717) is 5.56 Å². The molecule has 124 valence electrons. The minimum absolute atomic E-state index is 0.0884. The third-order valence-corrected chi connectivity index (χ3v) is 3.74. The molecule has 1 N–H and O–H groups in total. The minimum atomic E-state index is -4.78. The number of methoxy groups -OCH3 is 1. The molecule has 1 heterocycles. The third-order valence-electron chi connectivity index (χ3n) is 3.15. The maximum Gasteiger partial charge on any atom is 0.573 e. The van der Waals surface area contributed by atoms with Gasteiger partial charge in [-0.05, 0) is 17.7 Å². The molecule has 0 saturated heterocycles. The number of halogens is 3. The van der Waals surface area contributed by atoms with Crippen LogP contribution in [-0.4, -0.2) is 29.5 Å². The zero-order valence-electron chi connectivity index (χ0n) is 11.8. The van der Waals surface area contributed by atoms with E-state index in [1.54, 1.807) is 5.38 Å². The monoisotopic (exact) mass is 347 g/mol. The van der Waals surface area contributed by atoms with Crippen molar-refractivity contribution in [2.45, 2.75) is 18.4 Å². The summed E-state index contributed by atoms with van der Waals surface area (Å²) >= 11 is 1.22. The van der Waals surface area contributed by atoms with Crippen LogP contribution in [-0.2, 0) is 21.6 Å². The van der Waals surface area contributed by atoms with Crippen molar-refractivity contribution in [1.29, 1.82) is 0 Å². The summed E-state index contributed by atoms with van der Waals surface area (Å²) in [4.78, 5) is 15.7. The number of aliphatic carboxylic acids is 1. The second kappa shape index (κ2) is 6.55. The Hall–Kier alpha value is -2.13. The van der Waals surface area contributed by atoms with Gasteiger partial charge in [0.05, 0.1) is 11.2 Å². The number of carboxylic acids is 1. The fourth-order valence-electron chi connectivity index (χ4n) is 2.05. The molecule has 1 aromatic carbocycles. The average Bonchev–Trinajstić information content (AvgIpc) is 2.99. The Kier molecular flexibility index (Phi) is 4.90. The molecule has 0 spiro atoms. The first-order valence-corrected chi connectivity index (χ1v) is 7.23. The van der Waals surface area contributed by atoms with E-state index < -0.39 is 17.9 Å². The highest BCUT2D eigenvalue weighted by atomic mass is 32.1. The Morgan fingerprint density at radius 3 is 2.39 bits per heavy atom. The summed E-state index contributed by atoms with van der Waals surface area (Å²) in [5.41, 5.74) is 0.475. The van der Waals surface area contributed by atoms with Gasteiger partial charge < -0.3 is 14.6 Å². The molecule has 1 unspecified atom stereocenters. The molecule has 0 aliphatic rings. The van der Waals surface area contributed by atoms with Crippen molar-refractivity contribution >= 4 is 17.3 Å². The van der Waals surface area contributed by atoms with Crippen LogP contribution in [0.2, 0.25) is 0 Å². The second-order valence-corrected chi connectivity index (χ2v) is 5.30. The van der Waals surface area contributed by atoms with Gasteiger partial charge in [0.25, 0.3) is 0 Å². The highest BCUT2D eigenvalue weighted by molar-refractivity contribution is 7.07. The van der Waals surface area contributed by atoms with E-state index in [0.717, 1.165) is 12.1 Å². The van der Waals surface area contributed by atoms with E-state index in [1.807, 2.05) is 0 Å². The first-order valence-electron chi connectivity index (χ1n) is 6.29. The van der Waals surface area contributed by atoms with E-state index in [4.69, 9.17) is 4.74 Å². The van der Waals surface area contributed by atoms with E-state index in [9.17, 15) is 23.1 Å². The van der Waals surface area contributed by atoms with Gasteiger partial charge in [-0.15, -0.1) is 24.5 Å². The molecule has 1 aromatic heterocycles. The van der Waals surface area contributed by atoms with Crippen LogP contribution >= 0.6 is 11.3 Å². The lowest BCUT2D eigenvalue weighted by atomic mass is 9.91. The van der Waals surface area contributed by atoms with Crippen molar-refractivity contribution in [3.8, 4) is 5.75 Å². The average molecular weight is 347 g/mol. The van der Waals surface area contributed by atoms with Crippen molar-refractivity contribution in [2.75, 3.05) is 7.11 Å². The SMILES string of the molecule is COC(Cc1ccc(OC(F)(F)F)cc1)(C(=O)O)c1cscn1. The zero-order chi connectivity index (χ0) is 17.1. The topological polar surface area (TPSA) is 68.7 Å². The number of alkyl halides is 3. The molecule has 0 aliphatic heterocycles. The number of rotatable bonds is 6. The Bertz CT molecular complexity index is 658. The van der Waals surface area contributed by atoms with Crippen molar-refractivity contribution < 1.29 is 32.5 Å². The van der Waals surface area contributed by atoms with Crippen LogP contribution in [0.4, 0.5) is 13.2 Å². The van der Waals surface area contributed by atoms with Crippen LogP contribution in [0.25, 0.3) is 0 Å². The molecule has 2 aromatic rings. The Morgan fingerprint density at radius 1 is 1.30 bits per heavy atom. The summed E-state index contributed by atoms with van der Waals surface area (Å²) in [5, 5.41) is 11.1. The van der Waals surface area contributed by atoms with E-state index >= 15 is 0 Å². The van der Waals surface area contributed by atoms with Gasteiger partial charge in [-0.1, -0.05) is 12.1 Å². The molecular formula is C14H12F3NO4S. The number of thiazole rings is 1. The molecule has 2 rings (SSSR count). The van der Waals surface area contributed by atoms with E-state index in [2.05, 4.69) is 9.72 Å². The maximum atomic E-state index is 12.1. The van der Waals surface area contributed by atoms with Crippen molar-refractivity contribution in [1.82, 2.24) is 4.98 Å². The molecule has 23 heavy (non-hydrogen) atoms. The molecule has 0 radical (unpaired) electrons. The smallest absolute Gasteiger partial charge is 0.479 e. The molecule has 0 aliphatic carbocycles. The summed E-state index contributed by atoms with van der Waals surface area (Å²) in [5.74, 6) is -1.62. The van der Waals surface area contributed by atoms with E-state index in [1.165, 1.54) is 36.1 Å². The largest absolute Gasteiger partial charge is 0.573 e. The summed E-state index contributed by atoms with van der Waals surface area (Å²) in [6.45, 7) is 0. The molecule has 0 saturated carbocycles. The van der Waals surface area contributed by atoms with Crippen molar-refractivity contribution in [3.05, 3.63) is 46.4 Å². The summed E-state index contributed by atoms with van der Waals surface area (Å²) in [6.07, 6.45) is -4.87. The van der Waals surface area contributed by atoms with Gasteiger partial charge in [0, 0.05) is 18.9 Å². The number of ether oxygens (including phenoxy) is 2. The Morgan fingerprint density at radius 2 is 1.96 bits per heavy atom. The third kappa shape index (κ3) is 3.99. The minimum Gasteiger partial charge on any atom is -0.479 e. The van der Waals surface area contributed by atoms with E-state index in [-0.39, 0.29) is 17.9 Å². The normalized spacial score (nSPS) is 14.3. The summed E-state index contributed by atoms with van der Waals surface area (Å²) < 4.78 is 45.4. The van der Waals surface area contributed by atoms with Gasteiger partial charge in [0.2, 0.25) is 5.60 Å². The quantitative estimate of drug-likeness (QED) is 0.869. The molecule has 0 bridgehead atoms. The number of aromatic nitrogens is 1. The molecule has 0 fully saturated rings. The Labute approximate surface area is 133 Å². The number of hydrogen-bond donors (Lipinski definition) is 1. The van der Waals surface area contributed by atoms with Crippen LogP contribution in [0.1, 0.15) is 11.3 Å². The lowest BCUT2D eigenvalue weighted by Crippen LogP contribution is -2.40. The summed E-state index contributed by atoms with van der Waals surface area (Å²) in [7, 11) is 1.24. The van der Waals surface area contributed by atoms with Gasteiger partial charge in [-0.2, -0.15) is 0 Å². The number of carboxylic acid groups (broad SMARTS) is 1. The molecule has 0 amide bonds. The van der Waals surface area contributed by atoms with Gasteiger partial charge >= 0.3 is 12.3 Å². The predicted molar refractivity (Wildman–Crippen MR) is 75.3 cm³/mol. The van der Waals surface area contributed by atoms with Gasteiger partial charge in [0.15, 0.2) is 0 Å². The molecular weight excluding hydrogens is 335 g/mol. The lowest BCUT2D eigenvalue weighted by Gasteiger charge is -2.26. The zero-order valence-corrected chi connectivity index (χ0v) is 12.6. The maximum absolute atomic E-state index is 12.1. The summed E-state index contributed by atoms with van der Waals surface area (Å²) in [6, 6.07) is 4.94. The first kappa shape index (κ1) is 17.2. The fraction of sp³-hybridized carbons (Fsp3) is 0.286. The van der Waals surface area contributed by atoms with Gasteiger partial charge in [-0.3, -0.25) is 0 Å². The van der Waals surface area contributed by atoms with Crippen LogP contribution in [0.5, 0.6) is 5.75 Å². The van der Waals surface area contributed by atoms with Crippen LogP contribution in [0.15, 0.2) is 35.2 Å². The Balaban J connectivity index is 2.26. The van der Waals surface area contributed by atoms with Crippen LogP contribution < -0.4 is 4.74 Å². The number of benzene rings is 1. The lowest BCUT2D eigenvalue weighted by molar-refractivity contribution is -0.274. The van der Waals surface area contributed by atoms with Crippen molar-refractivity contribution in [2.24, 2.45) is 0 Å². The number of nitrogens with zero attached hydrogens (tertiary/aromatic N) is 1. The molecule has 1 atom stereocenters. The predicted octanol–water partition coefficient (Wildman–Crippen LogP) is 3.21.